The first kappa shape index (κ1) is 22.5. The van der Waals surface area contributed by atoms with Gasteiger partial charge in [-0.2, -0.15) is 0 Å². The van der Waals surface area contributed by atoms with Crippen LogP contribution in [-0.4, -0.2) is 25.1 Å². The maximum absolute atomic E-state index is 13.4. The molecule has 0 fully saturated rings. The third kappa shape index (κ3) is 4.57. The van der Waals surface area contributed by atoms with Gasteiger partial charge in [-0.1, -0.05) is 48.0 Å². The number of amides is 1. The Morgan fingerprint density at radius 3 is 2.34 bits per heavy atom. The lowest BCUT2D eigenvalue weighted by Crippen LogP contribution is -2.24. The van der Waals surface area contributed by atoms with Crippen molar-refractivity contribution in [2.45, 2.75) is 40.2 Å². The summed E-state index contributed by atoms with van der Waals surface area (Å²) in [7, 11) is 0. The molecule has 0 aliphatic heterocycles. The van der Waals surface area contributed by atoms with Gasteiger partial charge in [0.15, 0.2) is 0 Å². The number of para-hydroxylation sites is 1. The number of fused-ring (bicyclic) bond motifs is 3. The van der Waals surface area contributed by atoms with E-state index in [2.05, 4.69) is 21.6 Å². The predicted molar refractivity (Wildman–Crippen MR) is 138 cm³/mol. The van der Waals surface area contributed by atoms with E-state index in [0.29, 0.717) is 30.0 Å². The molecule has 176 valence electrons. The van der Waals surface area contributed by atoms with E-state index in [4.69, 9.17) is 0 Å². The highest BCUT2D eigenvalue weighted by atomic mass is 16.1. The molecule has 0 atom stereocenters. The number of nitrogens with one attached hydrogen (secondary N) is 1. The minimum Gasteiger partial charge on any atom is -0.326 e. The van der Waals surface area contributed by atoms with Gasteiger partial charge in [-0.3, -0.25) is 18.6 Å². The Kier molecular flexibility index (Phi) is 5.91. The molecule has 7 nitrogen and oxygen atoms in total. The highest BCUT2D eigenvalue weighted by molar-refractivity contribution is 5.91. The van der Waals surface area contributed by atoms with Crippen LogP contribution in [0.1, 0.15) is 34.5 Å². The van der Waals surface area contributed by atoms with E-state index in [9.17, 15) is 9.59 Å². The van der Waals surface area contributed by atoms with Crippen LogP contribution in [0.3, 0.4) is 0 Å². The standard InChI is InChI=1S/C28H27N5O2/c1-18-8-10-21(11-9-18)17-32-27(35)23-6-4-5-7-24(23)33-25(30-31-28(32)33)12-13-26(34)29-22-15-19(2)14-20(3)16-22/h4-11,14-16H,12-13,17H2,1-3H3,(H,29,34). The minimum absolute atomic E-state index is 0.0935. The first-order chi connectivity index (χ1) is 16.9. The molecule has 0 spiro atoms. The van der Waals surface area contributed by atoms with Gasteiger partial charge in [-0.25, -0.2) is 0 Å². The Hall–Kier alpha value is -4.26. The Bertz CT molecular complexity index is 1590. The summed E-state index contributed by atoms with van der Waals surface area (Å²) in [6.07, 6.45) is 0.643. The molecule has 2 heterocycles. The molecule has 1 N–H and O–H groups in total. The zero-order valence-corrected chi connectivity index (χ0v) is 20.1. The SMILES string of the molecule is Cc1ccc(Cn2c(=O)c3ccccc3n3c(CCC(=O)Nc4cc(C)cc(C)c4)nnc23)cc1. The van der Waals surface area contributed by atoms with E-state index in [1.807, 2.05) is 85.8 Å². The Morgan fingerprint density at radius 1 is 0.886 bits per heavy atom. The summed E-state index contributed by atoms with van der Waals surface area (Å²) >= 11 is 0. The van der Waals surface area contributed by atoms with E-state index in [1.165, 1.54) is 0 Å². The molecule has 5 rings (SSSR count). The summed E-state index contributed by atoms with van der Waals surface area (Å²) < 4.78 is 3.55. The van der Waals surface area contributed by atoms with Gasteiger partial charge >= 0.3 is 0 Å². The average molecular weight is 466 g/mol. The summed E-state index contributed by atoms with van der Waals surface area (Å²) in [6, 6.07) is 21.5. The van der Waals surface area contributed by atoms with Crippen LogP contribution in [0.25, 0.3) is 16.7 Å². The highest BCUT2D eigenvalue weighted by Crippen LogP contribution is 2.18. The number of carbonyl (C=O) groups is 1. The number of aromatic nitrogens is 4. The summed E-state index contributed by atoms with van der Waals surface area (Å²) in [6.45, 7) is 6.43. The molecule has 5 aromatic rings. The van der Waals surface area contributed by atoms with Crippen LogP contribution >= 0.6 is 0 Å². The maximum atomic E-state index is 13.4. The largest absolute Gasteiger partial charge is 0.326 e. The van der Waals surface area contributed by atoms with Crippen molar-refractivity contribution in [3.05, 3.63) is 105 Å². The highest BCUT2D eigenvalue weighted by Gasteiger charge is 2.17. The van der Waals surface area contributed by atoms with Crippen LogP contribution in [0.15, 0.2) is 71.5 Å². The van der Waals surface area contributed by atoms with Gasteiger partial charge < -0.3 is 5.32 Å². The van der Waals surface area contributed by atoms with E-state index >= 15 is 0 Å². The Labute approximate surface area is 203 Å². The van der Waals surface area contributed by atoms with E-state index in [-0.39, 0.29) is 17.9 Å². The van der Waals surface area contributed by atoms with Crippen LogP contribution < -0.4 is 10.9 Å². The number of carbonyl (C=O) groups excluding carboxylic acids is 1. The van der Waals surface area contributed by atoms with E-state index in [1.54, 1.807) is 4.57 Å². The number of hydrogen-bond donors (Lipinski definition) is 1. The van der Waals surface area contributed by atoms with Gasteiger partial charge in [0, 0.05) is 18.5 Å². The van der Waals surface area contributed by atoms with Crippen molar-refractivity contribution in [3.8, 4) is 0 Å². The molecule has 0 saturated heterocycles. The van der Waals surface area contributed by atoms with E-state index < -0.39 is 0 Å². The van der Waals surface area contributed by atoms with Crippen LogP contribution in [-0.2, 0) is 17.8 Å². The second kappa shape index (κ2) is 9.18. The summed E-state index contributed by atoms with van der Waals surface area (Å²) in [5.41, 5.74) is 5.78. The zero-order valence-electron chi connectivity index (χ0n) is 20.1. The summed E-state index contributed by atoms with van der Waals surface area (Å²) in [5, 5.41) is 12.3. The third-order valence-electron chi connectivity index (χ3n) is 6.12. The Morgan fingerprint density at radius 2 is 1.60 bits per heavy atom. The lowest BCUT2D eigenvalue weighted by atomic mass is 10.1. The number of benzene rings is 3. The van der Waals surface area contributed by atoms with Gasteiger partial charge in [0.05, 0.1) is 17.4 Å². The third-order valence-corrected chi connectivity index (χ3v) is 6.12. The van der Waals surface area contributed by atoms with Crippen LogP contribution in [0, 0.1) is 20.8 Å². The quantitative estimate of drug-likeness (QED) is 0.398. The number of nitrogens with zero attached hydrogens (tertiary/aromatic N) is 4. The maximum Gasteiger partial charge on any atom is 0.263 e. The molecule has 0 aliphatic carbocycles. The molecule has 0 bridgehead atoms. The molecule has 2 aromatic heterocycles. The fourth-order valence-electron chi connectivity index (χ4n) is 4.49. The topological polar surface area (TPSA) is 81.3 Å². The van der Waals surface area contributed by atoms with Crippen molar-refractivity contribution < 1.29 is 4.79 Å². The van der Waals surface area contributed by atoms with Gasteiger partial charge in [0.25, 0.3) is 5.56 Å². The molecule has 0 radical (unpaired) electrons. The predicted octanol–water partition coefficient (Wildman–Crippen LogP) is 4.59. The minimum atomic E-state index is -0.111. The smallest absolute Gasteiger partial charge is 0.263 e. The van der Waals surface area contributed by atoms with Gasteiger partial charge in [0.1, 0.15) is 5.82 Å². The normalized spacial score (nSPS) is 11.3. The Balaban J connectivity index is 1.48. The van der Waals surface area contributed by atoms with Crippen molar-refractivity contribution in [3.63, 3.8) is 0 Å². The lowest BCUT2D eigenvalue weighted by Gasteiger charge is -2.12. The van der Waals surface area contributed by atoms with E-state index in [0.717, 1.165) is 33.5 Å². The first-order valence-electron chi connectivity index (χ1n) is 11.7. The number of hydrogen-bond acceptors (Lipinski definition) is 4. The average Bonchev–Trinajstić information content (AvgIpc) is 3.25. The van der Waals surface area contributed by atoms with Crippen molar-refractivity contribution in [1.82, 2.24) is 19.2 Å². The first-order valence-corrected chi connectivity index (χ1v) is 11.7. The molecule has 0 saturated carbocycles. The van der Waals surface area contributed by atoms with Crippen LogP contribution in [0.4, 0.5) is 5.69 Å². The summed E-state index contributed by atoms with van der Waals surface area (Å²) in [4.78, 5) is 26.1. The van der Waals surface area contributed by atoms with Crippen LogP contribution in [0.5, 0.6) is 0 Å². The van der Waals surface area contributed by atoms with Crippen LogP contribution in [0.2, 0.25) is 0 Å². The monoisotopic (exact) mass is 465 g/mol. The van der Waals surface area contributed by atoms with Gasteiger partial charge in [0.2, 0.25) is 11.7 Å². The van der Waals surface area contributed by atoms with Gasteiger partial charge in [-0.15, -0.1) is 10.2 Å². The molecule has 35 heavy (non-hydrogen) atoms. The molecule has 1 amide bonds. The molecule has 3 aromatic carbocycles. The zero-order chi connectivity index (χ0) is 24.5. The molecule has 0 unspecified atom stereocenters. The lowest BCUT2D eigenvalue weighted by molar-refractivity contribution is -0.116. The fourth-order valence-corrected chi connectivity index (χ4v) is 4.49. The summed E-state index contributed by atoms with van der Waals surface area (Å²) in [5.74, 6) is 1.02. The second-order valence-electron chi connectivity index (χ2n) is 9.07. The van der Waals surface area contributed by atoms with Crippen molar-refractivity contribution >= 4 is 28.3 Å². The fraction of sp³-hybridized carbons (Fsp3) is 0.214. The molecular weight excluding hydrogens is 438 g/mol. The van der Waals surface area contributed by atoms with Gasteiger partial charge in [-0.05, 0) is 61.7 Å². The molecular formula is C28H27N5O2. The number of aryl methyl sites for hydroxylation is 4. The van der Waals surface area contributed by atoms with Crippen molar-refractivity contribution in [2.24, 2.45) is 0 Å². The second-order valence-corrected chi connectivity index (χ2v) is 9.07. The van der Waals surface area contributed by atoms with Crippen molar-refractivity contribution in [2.75, 3.05) is 5.32 Å². The number of anilines is 1. The van der Waals surface area contributed by atoms with Crippen molar-refractivity contribution in [1.29, 1.82) is 0 Å². The molecule has 0 aliphatic rings. The molecule has 7 heteroatoms. The number of rotatable bonds is 6.